The summed E-state index contributed by atoms with van der Waals surface area (Å²) in [7, 11) is 0. The molecule has 7 heteroatoms. The van der Waals surface area contributed by atoms with E-state index in [9.17, 15) is 4.79 Å². The molecule has 0 unspecified atom stereocenters. The Morgan fingerprint density at radius 1 is 1.00 bits per heavy atom. The molecule has 2 fully saturated rings. The van der Waals surface area contributed by atoms with Gasteiger partial charge in [-0.15, -0.1) is 0 Å². The van der Waals surface area contributed by atoms with Gasteiger partial charge in [0, 0.05) is 37.3 Å². The van der Waals surface area contributed by atoms with Gasteiger partial charge in [-0.3, -0.25) is 4.79 Å². The minimum absolute atomic E-state index is 0.187. The Kier molecular flexibility index (Phi) is 7.16. The predicted octanol–water partition coefficient (Wildman–Crippen LogP) is 4.73. The van der Waals surface area contributed by atoms with Gasteiger partial charge in [-0.05, 0) is 43.9 Å². The van der Waals surface area contributed by atoms with Gasteiger partial charge in [0.05, 0.1) is 18.5 Å². The number of piperazine rings is 1. The standard InChI is InChI=1S/C28H34N4O2S/c1-22-8-10-23(11-9-22)12-19-35-31-17-15-30(16-18-31)25-20-29-32(24-6-4-3-5-7-24)27(33)26(25)34-21-28(2)13-14-28/h3-11,20H,12-19,21H2,1-2H3. The molecule has 184 valence electrons. The highest BCUT2D eigenvalue weighted by atomic mass is 32.2. The fraction of sp³-hybridized carbons (Fsp3) is 0.429. The molecule has 2 heterocycles. The maximum Gasteiger partial charge on any atom is 0.316 e. The molecule has 0 amide bonds. The zero-order valence-corrected chi connectivity index (χ0v) is 21.5. The molecule has 1 aliphatic carbocycles. The van der Waals surface area contributed by atoms with E-state index in [1.807, 2.05) is 42.3 Å². The van der Waals surface area contributed by atoms with Gasteiger partial charge < -0.3 is 9.64 Å². The SMILES string of the molecule is Cc1ccc(CCSN2CCN(c3cnn(-c4ccccc4)c(=O)c3OCC3(C)CC3)CC2)cc1. The van der Waals surface area contributed by atoms with Crippen molar-refractivity contribution in [2.75, 3.05) is 43.4 Å². The number of ether oxygens (including phenoxy) is 1. The molecule has 2 aromatic carbocycles. The zero-order chi connectivity index (χ0) is 24.3. The number of rotatable bonds is 9. The van der Waals surface area contributed by atoms with E-state index in [0.717, 1.165) is 62.6 Å². The van der Waals surface area contributed by atoms with Crippen molar-refractivity contribution >= 4 is 17.6 Å². The van der Waals surface area contributed by atoms with E-state index in [1.54, 1.807) is 6.20 Å². The second-order valence-corrected chi connectivity index (χ2v) is 11.2. The fourth-order valence-corrected chi connectivity index (χ4v) is 5.26. The maximum absolute atomic E-state index is 13.5. The van der Waals surface area contributed by atoms with Crippen molar-refractivity contribution < 1.29 is 4.74 Å². The van der Waals surface area contributed by atoms with Gasteiger partial charge in [-0.2, -0.15) is 9.78 Å². The Bertz CT molecular complexity index is 1180. The van der Waals surface area contributed by atoms with E-state index in [-0.39, 0.29) is 11.0 Å². The molecule has 35 heavy (non-hydrogen) atoms. The van der Waals surface area contributed by atoms with E-state index in [1.165, 1.54) is 15.8 Å². The van der Waals surface area contributed by atoms with Crippen LogP contribution in [0.25, 0.3) is 5.69 Å². The van der Waals surface area contributed by atoms with Gasteiger partial charge in [0.25, 0.3) is 0 Å². The molecule has 0 atom stereocenters. The number of benzene rings is 2. The molecule has 0 spiro atoms. The minimum Gasteiger partial charge on any atom is -0.486 e. The summed E-state index contributed by atoms with van der Waals surface area (Å²) in [5.74, 6) is 1.50. The summed E-state index contributed by atoms with van der Waals surface area (Å²) in [4.78, 5) is 15.7. The van der Waals surface area contributed by atoms with Crippen molar-refractivity contribution in [2.24, 2.45) is 5.41 Å². The summed E-state index contributed by atoms with van der Waals surface area (Å²) in [6, 6.07) is 18.4. The topological polar surface area (TPSA) is 50.6 Å². The molecule has 1 aromatic heterocycles. The lowest BCUT2D eigenvalue weighted by atomic mass is 10.1. The third-order valence-corrected chi connectivity index (χ3v) is 8.07. The van der Waals surface area contributed by atoms with E-state index < -0.39 is 0 Å². The largest absolute Gasteiger partial charge is 0.486 e. The molecular formula is C28H34N4O2S. The van der Waals surface area contributed by atoms with Crippen LogP contribution in [-0.4, -0.2) is 52.6 Å². The van der Waals surface area contributed by atoms with Crippen LogP contribution in [0.3, 0.4) is 0 Å². The Hall–Kier alpha value is -2.77. The zero-order valence-electron chi connectivity index (χ0n) is 20.7. The van der Waals surface area contributed by atoms with Gasteiger partial charge >= 0.3 is 5.56 Å². The average molecular weight is 491 g/mol. The minimum atomic E-state index is -0.187. The summed E-state index contributed by atoms with van der Waals surface area (Å²) in [5, 5.41) is 4.52. The number of nitrogens with zero attached hydrogens (tertiary/aromatic N) is 4. The Morgan fingerprint density at radius 2 is 1.71 bits per heavy atom. The lowest BCUT2D eigenvalue weighted by Gasteiger charge is -2.35. The van der Waals surface area contributed by atoms with Gasteiger partial charge in [-0.1, -0.05) is 66.9 Å². The fourth-order valence-electron chi connectivity index (χ4n) is 4.25. The quantitative estimate of drug-likeness (QED) is 0.404. The Balaban J connectivity index is 1.25. The van der Waals surface area contributed by atoms with E-state index in [0.29, 0.717) is 12.4 Å². The van der Waals surface area contributed by atoms with Gasteiger partial charge in [0.2, 0.25) is 5.75 Å². The molecule has 2 aliphatic rings. The number of aryl methyl sites for hydroxylation is 2. The second-order valence-electron chi connectivity index (χ2n) is 10.00. The van der Waals surface area contributed by atoms with Crippen molar-refractivity contribution in [3.63, 3.8) is 0 Å². The molecule has 3 aromatic rings. The first-order valence-electron chi connectivity index (χ1n) is 12.5. The second kappa shape index (κ2) is 10.5. The number of para-hydroxylation sites is 1. The van der Waals surface area contributed by atoms with Crippen molar-refractivity contribution in [1.29, 1.82) is 0 Å². The van der Waals surface area contributed by atoms with Crippen LogP contribution >= 0.6 is 11.9 Å². The number of anilines is 1. The van der Waals surface area contributed by atoms with Crippen LogP contribution in [0, 0.1) is 12.3 Å². The van der Waals surface area contributed by atoms with Crippen LogP contribution in [0.2, 0.25) is 0 Å². The third kappa shape index (κ3) is 5.90. The maximum atomic E-state index is 13.5. The number of hydrogen-bond donors (Lipinski definition) is 0. The first kappa shape index (κ1) is 23.9. The number of hydrogen-bond acceptors (Lipinski definition) is 6. The lowest BCUT2D eigenvalue weighted by molar-refractivity contribution is 0.243. The van der Waals surface area contributed by atoms with Crippen molar-refractivity contribution in [2.45, 2.75) is 33.1 Å². The van der Waals surface area contributed by atoms with E-state index >= 15 is 0 Å². The van der Waals surface area contributed by atoms with Crippen LogP contribution < -0.4 is 15.2 Å². The molecular weight excluding hydrogens is 456 g/mol. The molecule has 0 radical (unpaired) electrons. The molecule has 5 rings (SSSR count). The van der Waals surface area contributed by atoms with Gasteiger partial charge in [0.15, 0.2) is 0 Å². The number of aromatic nitrogens is 2. The summed E-state index contributed by atoms with van der Waals surface area (Å²) in [5.41, 5.74) is 4.26. The summed E-state index contributed by atoms with van der Waals surface area (Å²) < 4.78 is 10.1. The molecule has 0 N–H and O–H groups in total. The highest BCUT2D eigenvalue weighted by molar-refractivity contribution is 7.97. The molecule has 1 saturated heterocycles. The highest BCUT2D eigenvalue weighted by Gasteiger charge is 2.39. The van der Waals surface area contributed by atoms with Crippen LogP contribution in [0.1, 0.15) is 30.9 Å². The predicted molar refractivity (Wildman–Crippen MR) is 144 cm³/mol. The Morgan fingerprint density at radius 3 is 2.40 bits per heavy atom. The van der Waals surface area contributed by atoms with Crippen molar-refractivity contribution in [3.8, 4) is 11.4 Å². The van der Waals surface area contributed by atoms with Crippen LogP contribution in [0.15, 0.2) is 65.6 Å². The van der Waals surface area contributed by atoms with Crippen LogP contribution in [-0.2, 0) is 6.42 Å². The van der Waals surface area contributed by atoms with Crippen LogP contribution in [0.4, 0.5) is 5.69 Å². The van der Waals surface area contributed by atoms with Crippen LogP contribution in [0.5, 0.6) is 5.75 Å². The monoisotopic (exact) mass is 490 g/mol. The first-order valence-corrected chi connectivity index (χ1v) is 13.4. The molecule has 0 bridgehead atoms. The van der Waals surface area contributed by atoms with E-state index in [4.69, 9.17) is 4.74 Å². The summed E-state index contributed by atoms with van der Waals surface area (Å²) >= 11 is 1.92. The molecule has 6 nitrogen and oxygen atoms in total. The van der Waals surface area contributed by atoms with Crippen molar-refractivity contribution in [1.82, 2.24) is 14.1 Å². The van der Waals surface area contributed by atoms with Gasteiger partial charge in [0.1, 0.15) is 5.69 Å². The Labute approximate surface area is 212 Å². The molecule has 1 saturated carbocycles. The van der Waals surface area contributed by atoms with E-state index in [2.05, 4.69) is 52.4 Å². The normalized spacial score (nSPS) is 17.4. The summed E-state index contributed by atoms with van der Waals surface area (Å²) in [6.07, 6.45) is 5.18. The summed E-state index contributed by atoms with van der Waals surface area (Å²) in [6.45, 7) is 8.50. The third-order valence-electron chi connectivity index (χ3n) is 6.95. The first-order chi connectivity index (χ1) is 17.0. The molecule has 1 aliphatic heterocycles. The highest BCUT2D eigenvalue weighted by Crippen LogP contribution is 2.45. The average Bonchev–Trinajstić information content (AvgIpc) is 3.62. The van der Waals surface area contributed by atoms with Crippen molar-refractivity contribution in [3.05, 3.63) is 82.3 Å². The van der Waals surface area contributed by atoms with Gasteiger partial charge in [-0.25, -0.2) is 4.31 Å². The smallest absolute Gasteiger partial charge is 0.316 e. The lowest BCUT2D eigenvalue weighted by Crippen LogP contribution is -2.44.